The Morgan fingerprint density at radius 1 is 1.39 bits per heavy atom. The number of nitrogens with zero attached hydrogens (tertiary/aromatic N) is 1. The Morgan fingerprint density at radius 3 is 2.72 bits per heavy atom. The number of rotatable bonds is 3. The predicted molar refractivity (Wildman–Crippen MR) is 71.5 cm³/mol. The molecule has 0 spiro atoms. The van der Waals surface area contributed by atoms with Crippen molar-refractivity contribution in [2.75, 3.05) is 13.1 Å². The van der Waals surface area contributed by atoms with Gasteiger partial charge in [0.2, 0.25) is 0 Å². The Morgan fingerprint density at radius 2 is 2.11 bits per heavy atom. The fraction of sp³-hybridized carbons (Fsp3) is 0.533. The second-order valence-corrected chi connectivity index (χ2v) is 5.48. The van der Waals surface area contributed by atoms with E-state index in [1.165, 1.54) is 16.7 Å². The van der Waals surface area contributed by atoms with Gasteiger partial charge in [0.05, 0.1) is 5.92 Å². The van der Waals surface area contributed by atoms with E-state index < -0.39 is 5.97 Å². The van der Waals surface area contributed by atoms with Crippen molar-refractivity contribution in [1.82, 2.24) is 4.90 Å². The lowest BCUT2D eigenvalue weighted by atomic mass is 9.99. The van der Waals surface area contributed by atoms with Gasteiger partial charge in [0.1, 0.15) is 0 Å². The van der Waals surface area contributed by atoms with Crippen molar-refractivity contribution >= 4 is 5.97 Å². The highest BCUT2D eigenvalue weighted by Crippen LogP contribution is 2.25. The molecule has 0 unspecified atom stereocenters. The fourth-order valence-electron chi connectivity index (χ4n) is 2.74. The highest BCUT2D eigenvalue weighted by molar-refractivity contribution is 5.71. The van der Waals surface area contributed by atoms with Gasteiger partial charge >= 0.3 is 5.97 Å². The third-order valence-corrected chi connectivity index (χ3v) is 4.12. The van der Waals surface area contributed by atoms with E-state index in [1.807, 2.05) is 6.92 Å². The molecule has 0 saturated carbocycles. The normalized spacial score (nSPS) is 24.4. The molecule has 1 N–H and O–H groups in total. The van der Waals surface area contributed by atoms with E-state index in [4.69, 9.17) is 5.11 Å². The Kier molecular flexibility index (Phi) is 3.71. The van der Waals surface area contributed by atoms with Crippen molar-refractivity contribution < 1.29 is 9.90 Å². The Hall–Kier alpha value is -1.35. The van der Waals surface area contributed by atoms with Gasteiger partial charge in [-0.1, -0.05) is 25.1 Å². The molecule has 1 aliphatic heterocycles. The summed E-state index contributed by atoms with van der Waals surface area (Å²) in [6, 6.07) is 6.33. The van der Waals surface area contributed by atoms with Gasteiger partial charge in [-0.2, -0.15) is 0 Å². The SMILES string of the molecule is Cc1cccc(CN2C[C@@H](C)[C@H](C(=O)O)C2)c1C. The highest BCUT2D eigenvalue weighted by Gasteiger charge is 2.34. The van der Waals surface area contributed by atoms with Crippen LogP contribution in [0.2, 0.25) is 0 Å². The van der Waals surface area contributed by atoms with Crippen molar-refractivity contribution in [2.45, 2.75) is 27.3 Å². The first-order chi connectivity index (χ1) is 8.49. The molecule has 0 aliphatic carbocycles. The first-order valence-electron chi connectivity index (χ1n) is 6.49. The van der Waals surface area contributed by atoms with Crippen LogP contribution >= 0.6 is 0 Å². The lowest BCUT2D eigenvalue weighted by Gasteiger charge is -2.17. The maximum Gasteiger partial charge on any atom is 0.308 e. The molecule has 0 amide bonds. The number of carboxylic acid groups (broad SMARTS) is 1. The van der Waals surface area contributed by atoms with Gasteiger partial charge in [0, 0.05) is 19.6 Å². The summed E-state index contributed by atoms with van der Waals surface area (Å²) in [4.78, 5) is 13.4. The molecule has 18 heavy (non-hydrogen) atoms. The van der Waals surface area contributed by atoms with Crippen molar-refractivity contribution in [3.63, 3.8) is 0 Å². The predicted octanol–water partition coefficient (Wildman–Crippen LogP) is 2.46. The van der Waals surface area contributed by atoms with Crippen molar-refractivity contribution in [1.29, 1.82) is 0 Å². The number of aliphatic carboxylic acids is 1. The topological polar surface area (TPSA) is 40.5 Å². The molecule has 98 valence electrons. The molecule has 1 aromatic carbocycles. The summed E-state index contributed by atoms with van der Waals surface area (Å²) < 4.78 is 0. The quantitative estimate of drug-likeness (QED) is 0.892. The van der Waals surface area contributed by atoms with Gasteiger partial charge in [0.15, 0.2) is 0 Å². The second-order valence-electron chi connectivity index (χ2n) is 5.48. The number of aryl methyl sites for hydroxylation is 1. The van der Waals surface area contributed by atoms with Crippen molar-refractivity contribution in [3.05, 3.63) is 34.9 Å². The molecule has 3 heteroatoms. The molecular weight excluding hydrogens is 226 g/mol. The third kappa shape index (κ3) is 2.56. The van der Waals surface area contributed by atoms with Gasteiger partial charge in [-0.05, 0) is 36.5 Å². The summed E-state index contributed by atoms with van der Waals surface area (Å²) in [5.41, 5.74) is 3.94. The minimum Gasteiger partial charge on any atom is -0.481 e. The van der Waals surface area contributed by atoms with Crippen LogP contribution < -0.4 is 0 Å². The van der Waals surface area contributed by atoms with Gasteiger partial charge in [0.25, 0.3) is 0 Å². The van der Waals surface area contributed by atoms with Crippen LogP contribution in [-0.4, -0.2) is 29.1 Å². The van der Waals surface area contributed by atoms with E-state index in [0.717, 1.165) is 13.1 Å². The Bertz CT molecular complexity index is 456. The molecule has 0 bridgehead atoms. The van der Waals surface area contributed by atoms with E-state index >= 15 is 0 Å². The fourth-order valence-corrected chi connectivity index (χ4v) is 2.74. The van der Waals surface area contributed by atoms with E-state index in [0.29, 0.717) is 6.54 Å². The number of carbonyl (C=O) groups is 1. The van der Waals surface area contributed by atoms with Gasteiger partial charge < -0.3 is 5.11 Å². The average Bonchev–Trinajstić information content (AvgIpc) is 2.66. The minimum atomic E-state index is -0.661. The summed E-state index contributed by atoms with van der Waals surface area (Å²) >= 11 is 0. The number of hydrogen-bond donors (Lipinski definition) is 1. The van der Waals surface area contributed by atoms with Crippen LogP contribution in [0, 0.1) is 25.7 Å². The van der Waals surface area contributed by atoms with Gasteiger partial charge in [-0.3, -0.25) is 9.69 Å². The minimum absolute atomic E-state index is 0.213. The first-order valence-corrected chi connectivity index (χ1v) is 6.49. The van der Waals surface area contributed by atoms with E-state index in [1.54, 1.807) is 0 Å². The van der Waals surface area contributed by atoms with Crippen molar-refractivity contribution in [3.8, 4) is 0 Å². The lowest BCUT2D eigenvalue weighted by Crippen LogP contribution is -2.23. The molecule has 1 aromatic rings. The maximum atomic E-state index is 11.1. The summed E-state index contributed by atoms with van der Waals surface area (Å²) in [5.74, 6) is -0.631. The molecule has 1 aliphatic rings. The second kappa shape index (κ2) is 5.11. The molecule has 0 radical (unpaired) electrons. The van der Waals surface area contributed by atoms with Crippen LogP contribution in [0.5, 0.6) is 0 Å². The summed E-state index contributed by atoms with van der Waals surface area (Å²) in [6.45, 7) is 8.70. The van der Waals surface area contributed by atoms with Crippen LogP contribution in [0.1, 0.15) is 23.6 Å². The summed E-state index contributed by atoms with van der Waals surface area (Å²) in [6.07, 6.45) is 0. The molecule has 3 nitrogen and oxygen atoms in total. The molecule has 0 aromatic heterocycles. The Balaban J connectivity index is 2.07. The molecule has 1 saturated heterocycles. The van der Waals surface area contributed by atoms with Crippen LogP contribution in [0.4, 0.5) is 0 Å². The zero-order valence-electron chi connectivity index (χ0n) is 11.3. The standard InChI is InChI=1S/C15H21NO2/c1-10-5-4-6-13(12(10)3)8-16-7-11(2)14(9-16)15(17)18/h4-6,11,14H,7-9H2,1-3H3,(H,17,18)/t11-,14-/m1/s1. The zero-order chi connectivity index (χ0) is 13.3. The highest BCUT2D eigenvalue weighted by atomic mass is 16.4. The van der Waals surface area contributed by atoms with Crippen LogP contribution in [-0.2, 0) is 11.3 Å². The van der Waals surface area contributed by atoms with Crippen LogP contribution in [0.25, 0.3) is 0 Å². The van der Waals surface area contributed by atoms with Gasteiger partial charge in [-0.15, -0.1) is 0 Å². The number of likely N-dealkylation sites (tertiary alicyclic amines) is 1. The van der Waals surface area contributed by atoms with E-state index in [-0.39, 0.29) is 11.8 Å². The first kappa shape index (κ1) is 13.1. The average molecular weight is 247 g/mol. The molecule has 1 fully saturated rings. The van der Waals surface area contributed by atoms with Crippen molar-refractivity contribution in [2.24, 2.45) is 11.8 Å². The molecule has 2 atom stereocenters. The summed E-state index contributed by atoms with van der Waals surface area (Å²) in [5, 5.41) is 9.14. The van der Waals surface area contributed by atoms with Crippen LogP contribution in [0.3, 0.4) is 0 Å². The number of benzene rings is 1. The van der Waals surface area contributed by atoms with E-state index in [2.05, 4.69) is 36.9 Å². The summed E-state index contributed by atoms with van der Waals surface area (Å²) in [7, 11) is 0. The maximum absolute atomic E-state index is 11.1. The smallest absolute Gasteiger partial charge is 0.308 e. The third-order valence-electron chi connectivity index (χ3n) is 4.12. The molecule has 1 heterocycles. The molecular formula is C15H21NO2. The van der Waals surface area contributed by atoms with Crippen LogP contribution in [0.15, 0.2) is 18.2 Å². The molecule has 2 rings (SSSR count). The van der Waals surface area contributed by atoms with E-state index in [9.17, 15) is 4.79 Å². The number of carboxylic acids is 1. The number of hydrogen-bond acceptors (Lipinski definition) is 2. The van der Waals surface area contributed by atoms with Gasteiger partial charge in [-0.25, -0.2) is 0 Å². The zero-order valence-corrected chi connectivity index (χ0v) is 11.3. The monoisotopic (exact) mass is 247 g/mol. The lowest BCUT2D eigenvalue weighted by molar-refractivity contribution is -0.142. The Labute approximate surface area is 108 Å². The largest absolute Gasteiger partial charge is 0.481 e.